The molecule has 0 amide bonds. The zero-order chi connectivity index (χ0) is 13.1. The van der Waals surface area contributed by atoms with Gasteiger partial charge in [0.1, 0.15) is 0 Å². The highest BCUT2D eigenvalue weighted by atomic mass is 32.1. The number of thiophene rings is 1. The van der Waals surface area contributed by atoms with Crippen LogP contribution in [-0.4, -0.2) is 29.6 Å². The lowest BCUT2D eigenvalue weighted by atomic mass is 9.81. The predicted octanol–water partition coefficient (Wildman–Crippen LogP) is 3.63. The Bertz CT molecular complexity index is 381. The molecule has 106 valence electrons. The second-order valence-corrected chi connectivity index (χ2v) is 7.22. The Balaban J connectivity index is 1.72. The van der Waals surface area contributed by atoms with Crippen molar-refractivity contribution >= 4 is 11.3 Å². The summed E-state index contributed by atoms with van der Waals surface area (Å²) in [5, 5.41) is 8.40. The van der Waals surface area contributed by atoms with Crippen LogP contribution in [0.4, 0.5) is 0 Å². The minimum atomic E-state index is 0.416. The van der Waals surface area contributed by atoms with Gasteiger partial charge < -0.3 is 5.32 Å². The van der Waals surface area contributed by atoms with Crippen LogP contribution >= 0.6 is 11.3 Å². The molecule has 1 aromatic heterocycles. The molecule has 3 heteroatoms. The molecule has 3 rings (SSSR count). The largest absolute Gasteiger partial charge is 0.310 e. The Morgan fingerprint density at radius 1 is 1.37 bits per heavy atom. The van der Waals surface area contributed by atoms with E-state index in [1.165, 1.54) is 57.2 Å². The zero-order valence-electron chi connectivity index (χ0n) is 12.0. The number of hydrogen-bond donors (Lipinski definition) is 1. The molecule has 19 heavy (non-hydrogen) atoms. The van der Waals surface area contributed by atoms with Crippen molar-refractivity contribution in [2.45, 2.75) is 63.6 Å². The molecule has 2 aliphatic rings. The Hall–Kier alpha value is -0.380. The van der Waals surface area contributed by atoms with Crippen molar-refractivity contribution in [3.8, 4) is 0 Å². The van der Waals surface area contributed by atoms with Gasteiger partial charge in [0.25, 0.3) is 0 Å². The predicted molar refractivity (Wildman–Crippen MR) is 82.6 cm³/mol. The molecule has 2 heterocycles. The topological polar surface area (TPSA) is 15.3 Å². The van der Waals surface area contributed by atoms with Crippen LogP contribution in [0, 0.1) is 0 Å². The fourth-order valence-corrected chi connectivity index (χ4v) is 4.38. The van der Waals surface area contributed by atoms with E-state index in [0.29, 0.717) is 11.6 Å². The quantitative estimate of drug-likeness (QED) is 0.888. The standard InChI is InChI=1S/C16H26N2S/c1-14-5-9-17-16(7-3-2-4-8-16)13-18(14)11-15-6-10-19-12-15/h6,10,12,14,17H,2-5,7-9,11,13H2,1H3. The van der Waals surface area contributed by atoms with Gasteiger partial charge in [0.2, 0.25) is 0 Å². The summed E-state index contributed by atoms with van der Waals surface area (Å²) in [4.78, 5) is 2.72. The summed E-state index contributed by atoms with van der Waals surface area (Å²) in [7, 11) is 0. The first-order chi connectivity index (χ1) is 9.27. The van der Waals surface area contributed by atoms with Crippen LogP contribution in [0.3, 0.4) is 0 Å². The van der Waals surface area contributed by atoms with E-state index in [9.17, 15) is 0 Å². The summed E-state index contributed by atoms with van der Waals surface area (Å²) >= 11 is 1.82. The third kappa shape index (κ3) is 3.21. The van der Waals surface area contributed by atoms with E-state index in [-0.39, 0.29) is 0 Å². The SMILES string of the molecule is CC1CCNC2(CCCCC2)CN1Cc1ccsc1. The minimum absolute atomic E-state index is 0.416. The van der Waals surface area contributed by atoms with E-state index in [1.54, 1.807) is 0 Å². The molecule has 1 saturated carbocycles. The Kier molecular flexibility index (Phi) is 4.25. The van der Waals surface area contributed by atoms with Crippen LogP contribution in [0.25, 0.3) is 0 Å². The van der Waals surface area contributed by atoms with Gasteiger partial charge in [0, 0.05) is 24.7 Å². The lowest BCUT2D eigenvalue weighted by Crippen LogP contribution is -2.53. The van der Waals surface area contributed by atoms with E-state index in [2.05, 4.69) is 34.0 Å². The van der Waals surface area contributed by atoms with E-state index in [1.807, 2.05) is 11.3 Å². The van der Waals surface area contributed by atoms with Crippen LogP contribution in [0.2, 0.25) is 0 Å². The third-order valence-electron chi connectivity index (χ3n) is 4.97. The zero-order valence-corrected chi connectivity index (χ0v) is 12.8. The molecule has 1 aromatic rings. The van der Waals surface area contributed by atoms with Crippen LogP contribution < -0.4 is 5.32 Å². The van der Waals surface area contributed by atoms with Crippen molar-refractivity contribution in [1.82, 2.24) is 10.2 Å². The Morgan fingerprint density at radius 3 is 2.95 bits per heavy atom. The van der Waals surface area contributed by atoms with Gasteiger partial charge in [-0.2, -0.15) is 11.3 Å². The van der Waals surface area contributed by atoms with Crippen molar-refractivity contribution in [3.05, 3.63) is 22.4 Å². The van der Waals surface area contributed by atoms with Crippen molar-refractivity contribution in [2.24, 2.45) is 0 Å². The van der Waals surface area contributed by atoms with Crippen molar-refractivity contribution in [1.29, 1.82) is 0 Å². The van der Waals surface area contributed by atoms with Crippen LogP contribution in [-0.2, 0) is 6.54 Å². The van der Waals surface area contributed by atoms with Gasteiger partial charge in [-0.15, -0.1) is 0 Å². The highest BCUT2D eigenvalue weighted by Crippen LogP contribution is 2.32. The van der Waals surface area contributed by atoms with Gasteiger partial charge in [0.15, 0.2) is 0 Å². The van der Waals surface area contributed by atoms with E-state index in [0.717, 1.165) is 6.54 Å². The first kappa shape index (κ1) is 13.6. The molecule has 0 radical (unpaired) electrons. The average molecular weight is 278 g/mol. The van der Waals surface area contributed by atoms with Crippen molar-refractivity contribution in [2.75, 3.05) is 13.1 Å². The molecule has 0 bridgehead atoms. The summed E-state index contributed by atoms with van der Waals surface area (Å²) in [5.41, 5.74) is 1.91. The molecule has 1 unspecified atom stereocenters. The van der Waals surface area contributed by atoms with Crippen LogP contribution in [0.1, 0.15) is 51.0 Å². The molecule has 1 N–H and O–H groups in total. The fourth-order valence-electron chi connectivity index (χ4n) is 3.72. The molecule has 1 spiro atoms. The van der Waals surface area contributed by atoms with Gasteiger partial charge in [-0.3, -0.25) is 4.90 Å². The van der Waals surface area contributed by atoms with Gasteiger partial charge in [-0.1, -0.05) is 19.3 Å². The van der Waals surface area contributed by atoms with Gasteiger partial charge >= 0.3 is 0 Å². The smallest absolute Gasteiger partial charge is 0.0309 e. The van der Waals surface area contributed by atoms with Crippen LogP contribution in [0.5, 0.6) is 0 Å². The van der Waals surface area contributed by atoms with Gasteiger partial charge in [-0.05, 0) is 55.1 Å². The number of hydrogen-bond acceptors (Lipinski definition) is 3. The first-order valence-corrected chi connectivity index (χ1v) is 8.72. The molecule has 2 nitrogen and oxygen atoms in total. The van der Waals surface area contributed by atoms with E-state index >= 15 is 0 Å². The van der Waals surface area contributed by atoms with Crippen molar-refractivity contribution in [3.63, 3.8) is 0 Å². The minimum Gasteiger partial charge on any atom is -0.310 e. The second-order valence-electron chi connectivity index (χ2n) is 6.44. The molecule has 0 aromatic carbocycles. The van der Waals surface area contributed by atoms with Gasteiger partial charge in [-0.25, -0.2) is 0 Å². The Morgan fingerprint density at radius 2 is 2.21 bits per heavy atom. The molecule has 1 atom stereocenters. The molecule has 2 fully saturated rings. The van der Waals surface area contributed by atoms with Crippen LogP contribution in [0.15, 0.2) is 16.8 Å². The Labute approximate surface area is 121 Å². The highest BCUT2D eigenvalue weighted by molar-refractivity contribution is 7.07. The summed E-state index contributed by atoms with van der Waals surface area (Å²) in [6.07, 6.45) is 8.29. The maximum absolute atomic E-state index is 3.90. The number of rotatable bonds is 2. The lowest BCUT2D eigenvalue weighted by Gasteiger charge is -2.41. The maximum Gasteiger partial charge on any atom is 0.0309 e. The molecular weight excluding hydrogens is 252 g/mol. The molecular formula is C16H26N2S. The second kappa shape index (κ2) is 5.94. The summed E-state index contributed by atoms with van der Waals surface area (Å²) in [6.45, 7) is 5.97. The maximum atomic E-state index is 3.90. The average Bonchev–Trinajstić information content (AvgIpc) is 2.87. The monoisotopic (exact) mass is 278 g/mol. The van der Waals surface area contributed by atoms with E-state index in [4.69, 9.17) is 0 Å². The summed E-state index contributed by atoms with van der Waals surface area (Å²) in [5.74, 6) is 0. The first-order valence-electron chi connectivity index (χ1n) is 7.78. The van der Waals surface area contributed by atoms with Crippen molar-refractivity contribution < 1.29 is 0 Å². The molecule has 1 aliphatic heterocycles. The summed E-state index contributed by atoms with van der Waals surface area (Å²) in [6, 6.07) is 2.98. The third-order valence-corrected chi connectivity index (χ3v) is 5.70. The molecule has 1 aliphatic carbocycles. The number of nitrogens with zero attached hydrogens (tertiary/aromatic N) is 1. The van der Waals surface area contributed by atoms with Gasteiger partial charge in [0.05, 0.1) is 0 Å². The molecule has 1 saturated heterocycles. The van der Waals surface area contributed by atoms with E-state index < -0.39 is 0 Å². The fraction of sp³-hybridized carbons (Fsp3) is 0.750. The normalized spacial score (nSPS) is 28.4. The lowest BCUT2D eigenvalue weighted by molar-refractivity contribution is 0.131. The highest BCUT2D eigenvalue weighted by Gasteiger charge is 2.36. The summed E-state index contributed by atoms with van der Waals surface area (Å²) < 4.78 is 0. The number of nitrogens with one attached hydrogen (secondary N) is 1.